The molecular weight excluding hydrogens is 304 g/mol. The number of benzene rings is 2. The van der Waals surface area contributed by atoms with Crippen LogP contribution in [-0.4, -0.2) is 26.2 Å². The van der Waals surface area contributed by atoms with Gasteiger partial charge >= 0.3 is 0 Å². The second-order valence-electron chi connectivity index (χ2n) is 4.80. The Balaban J connectivity index is 1.85. The van der Waals surface area contributed by atoms with Gasteiger partial charge in [-0.25, -0.2) is 4.99 Å². The van der Waals surface area contributed by atoms with Crippen LogP contribution in [0, 0.1) is 11.5 Å². The Morgan fingerprint density at radius 1 is 1.12 bits per heavy atom. The van der Waals surface area contributed by atoms with E-state index in [1.54, 1.807) is 7.11 Å². The summed E-state index contributed by atoms with van der Waals surface area (Å²) in [6.07, 6.45) is 1.88. The highest BCUT2D eigenvalue weighted by molar-refractivity contribution is 5.81. The van der Waals surface area contributed by atoms with Crippen LogP contribution >= 0.6 is 0 Å². The number of rotatable bonds is 7. The van der Waals surface area contributed by atoms with Crippen LogP contribution in [0.4, 0.5) is 0 Å². The van der Waals surface area contributed by atoms with Crippen molar-refractivity contribution in [1.82, 2.24) is 10.6 Å². The van der Waals surface area contributed by atoms with Crippen molar-refractivity contribution in [1.29, 1.82) is 5.26 Å². The molecule has 0 aliphatic carbocycles. The first-order valence-electron chi connectivity index (χ1n) is 7.56. The molecule has 2 aromatic carbocycles. The van der Waals surface area contributed by atoms with Crippen molar-refractivity contribution in [2.24, 2.45) is 4.99 Å². The monoisotopic (exact) mass is 324 g/mol. The summed E-state index contributed by atoms with van der Waals surface area (Å²) in [5, 5.41) is 14.4. The summed E-state index contributed by atoms with van der Waals surface area (Å²) in [6.45, 7) is 1.39. The smallest absolute Gasteiger partial charge is 0.205 e. The van der Waals surface area contributed by atoms with E-state index in [2.05, 4.69) is 15.6 Å². The van der Waals surface area contributed by atoms with Crippen molar-refractivity contribution < 1.29 is 9.47 Å². The van der Waals surface area contributed by atoms with E-state index < -0.39 is 0 Å². The number of ether oxygens (including phenoxy) is 2. The van der Waals surface area contributed by atoms with Gasteiger partial charge in [-0.15, -0.1) is 0 Å². The highest BCUT2D eigenvalue weighted by Gasteiger charge is 2.02. The predicted molar refractivity (Wildman–Crippen MR) is 92.8 cm³/mol. The average Bonchev–Trinajstić information content (AvgIpc) is 2.64. The van der Waals surface area contributed by atoms with E-state index in [4.69, 9.17) is 14.7 Å². The molecule has 0 amide bonds. The van der Waals surface area contributed by atoms with Gasteiger partial charge in [-0.3, -0.25) is 5.32 Å². The number of methoxy groups -OCH3 is 1. The van der Waals surface area contributed by atoms with Crippen LogP contribution in [0.2, 0.25) is 0 Å². The highest BCUT2D eigenvalue weighted by atomic mass is 16.5. The molecule has 0 aliphatic rings. The Bertz CT molecular complexity index is 696. The van der Waals surface area contributed by atoms with Gasteiger partial charge < -0.3 is 14.8 Å². The molecule has 6 nitrogen and oxygen atoms in total. The van der Waals surface area contributed by atoms with Gasteiger partial charge in [0.25, 0.3) is 0 Å². The summed E-state index contributed by atoms with van der Waals surface area (Å²) in [4.78, 5) is 4.37. The first-order chi connectivity index (χ1) is 11.8. The molecule has 124 valence electrons. The molecule has 0 spiro atoms. The van der Waals surface area contributed by atoms with Gasteiger partial charge in [0.2, 0.25) is 5.96 Å². The zero-order valence-corrected chi connectivity index (χ0v) is 13.5. The van der Waals surface area contributed by atoms with Crippen molar-refractivity contribution in [3.05, 3.63) is 60.2 Å². The first-order valence-corrected chi connectivity index (χ1v) is 7.56. The average molecular weight is 324 g/mol. The summed E-state index contributed by atoms with van der Waals surface area (Å²) in [6, 6.07) is 17.2. The van der Waals surface area contributed by atoms with Crippen LogP contribution in [0.5, 0.6) is 11.5 Å². The fourth-order valence-electron chi connectivity index (χ4n) is 2.05. The summed E-state index contributed by atoms with van der Waals surface area (Å²) < 4.78 is 10.9. The number of aliphatic imine (C=N–C) groups is 1. The number of hydrogen-bond donors (Lipinski definition) is 2. The molecule has 24 heavy (non-hydrogen) atoms. The van der Waals surface area contributed by atoms with E-state index in [0.29, 0.717) is 25.7 Å². The summed E-state index contributed by atoms with van der Waals surface area (Å²) in [5.74, 6) is 1.98. The Hall–Kier alpha value is -3.20. The molecule has 2 rings (SSSR count). The van der Waals surface area contributed by atoms with Crippen LogP contribution in [0.15, 0.2) is 59.6 Å². The fraction of sp³-hybridized carbons (Fsp3) is 0.222. The molecular formula is C18H20N4O2. The minimum Gasteiger partial charge on any atom is -0.496 e. The third-order valence-corrected chi connectivity index (χ3v) is 3.18. The zero-order valence-electron chi connectivity index (χ0n) is 13.5. The molecule has 0 radical (unpaired) electrons. The number of nitrogens with one attached hydrogen (secondary N) is 2. The Morgan fingerprint density at radius 2 is 1.88 bits per heavy atom. The van der Waals surface area contributed by atoms with E-state index in [-0.39, 0.29) is 0 Å². The van der Waals surface area contributed by atoms with Gasteiger partial charge in [-0.1, -0.05) is 36.4 Å². The highest BCUT2D eigenvalue weighted by Crippen LogP contribution is 2.17. The third kappa shape index (κ3) is 5.54. The molecule has 0 fully saturated rings. The van der Waals surface area contributed by atoms with Gasteiger partial charge in [0.05, 0.1) is 20.2 Å². The quantitative estimate of drug-likeness (QED) is 0.269. The Morgan fingerprint density at radius 3 is 2.62 bits per heavy atom. The summed E-state index contributed by atoms with van der Waals surface area (Å²) in [7, 11) is 1.62. The number of hydrogen-bond acceptors (Lipinski definition) is 4. The normalized spacial score (nSPS) is 10.6. The maximum absolute atomic E-state index is 8.83. The lowest BCUT2D eigenvalue weighted by Gasteiger charge is -2.10. The maximum atomic E-state index is 8.83. The van der Waals surface area contributed by atoms with Crippen molar-refractivity contribution in [3.63, 3.8) is 0 Å². The van der Waals surface area contributed by atoms with Crippen molar-refractivity contribution in [2.75, 3.05) is 20.3 Å². The number of para-hydroxylation sites is 2. The van der Waals surface area contributed by atoms with Gasteiger partial charge in [0.1, 0.15) is 18.1 Å². The largest absolute Gasteiger partial charge is 0.496 e. The second kappa shape index (κ2) is 9.74. The van der Waals surface area contributed by atoms with Crippen molar-refractivity contribution in [2.45, 2.75) is 6.54 Å². The standard InChI is InChI=1S/C18H20N4O2/c1-23-17-10-6-5-7-15(17)13-21-18(22-14-19)20-11-12-24-16-8-3-2-4-9-16/h2-10H,11-13H2,1H3,(H2,20,21,22). The lowest BCUT2D eigenvalue weighted by Crippen LogP contribution is -2.37. The summed E-state index contributed by atoms with van der Waals surface area (Å²) >= 11 is 0. The maximum Gasteiger partial charge on any atom is 0.205 e. The SMILES string of the molecule is COc1ccccc1CN=C(NC#N)NCCOc1ccccc1. The Kier molecular flexibility index (Phi) is 6.97. The van der Waals surface area contributed by atoms with Crippen molar-refractivity contribution in [3.8, 4) is 17.7 Å². The molecule has 0 aliphatic heterocycles. The predicted octanol–water partition coefficient (Wildman–Crippen LogP) is 2.29. The van der Waals surface area contributed by atoms with Crippen LogP contribution in [0.25, 0.3) is 0 Å². The number of nitrogens with zero attached hydrogens (tertiary/aromatic N) is 2. The molecule has 0 unspecified atom stereocenters. The van der Waals surface area contributed by atoms with Gasteiger partial charge in [0, 0.05) is 5.56 Å². The lowest BCUT2D eigenvalue weighted by atomic mass is 10.2. The molecule has 0 bridgehead atoms. The minimum absolute atomic E-state index is 0.403. The topological polar surface area (TPSA) is 78.7 Å². The molecule has 0 saturated heterocycles. The van der Waals surface area contributed by atoms with E-state index in [9.17, 15) is 0 Å². The summed E-state index contributed by atoms with van der Waals surface area (Å²) in [5.41, 5.74) is 0.944. The zero-order chi connectivity index (χ0) is 17.0. The second-order valence-corrected chi connectivity index (χ2v) is 4.80. The third-order valence-electron chi connectivity index (χ3n) is 3.18. The van der Waals surface area contributed by atoms with Gasteiger partial charge in [0.15, 0.2) is 6.19 Å². The van der Waals surface area contributed by atoms with Crippen LogP contribution in [0.1, 0.15) is 5.56 Å². The Labute approximate surface area is 141 Å². The molecule has 0 heterocycles. The van der Waals surface area contributed by atoms with Crippen LogP contribution in [0.3, 0.4) is 0 Å². The van der Waals surface area contributed by atoms with Gasteiger partial charge in [-0.05, 0) is 18.2 Å². The van der Waals surface area contributed by atoms with Crippen LogP contribution < -0.4 is 20.1 Å². The fourth-order valence-corrected chi connectivity index (χ4v) is 2.05. The van der Waals surface area contributed by atoms with E-state index in [1.807, 2.05) is 60.8 Å². The minimum atomic E-state index is 0.403. The van der Waals surface area contributed by atoms with Crippen molar-refractivity contribution >= 4 is 5.96 Å². The van der Waals surface area contributed by atoms with E-state index >= 15 is 0 Å². The molecule has 6 heteroatoms. The number of guanidine groups is 1. The molecule has 2 aromatic rings. The molecule has 0 saturated carbocycles. The van der Waals surface area contributed by atoms with Gasteiger partial charge in [-0.2, -0.15) is 5.26 Å². The molecule has 2 N–H and O–H groups in total. The molecule has 0 atom stereocenters. The lowest BCUT2D eigenvalue weighted by molar-refractivity contribution is 0.322. The first kappa shape index (κ1) is 17.2. The van der Waals surface area contributed by atoms with Crippen LogP contribution in [-0.2, 0) is 6.54 Å². The van der Waals surface area contributed by atoms with E-state index in [1.165, 1.54) is 0 Å². The number of nitriles is 1. The molecule has 0 aromatic heterocycles. The van der Waals surface area contributed by atoms with E-state index in [0.717, 1.165) is 17.1 Å².